The van der Waals surface area contributed by atoms with E-state index < -0.39 is 0 Å². The van der Waals surface area contributed by atoms with Crippen LogP contribution in [0.1, 0.15) is 16.7 Å². The SMILES string of the molecule is Cc1cc(CN)cnc1Oc1ccccc1CCO. The van der Waals surface area contributed by atoms with Gasteiger partial charge in [-0.1, -0.05) is 18.2 Å². The van der Waals surface area contributed by atoms with E-state index in [0.29, 0.717) is 18.8 Å². The van der Waals surface area contributed by atoms with Gasteiger partial charge in [0.25, 0.3) is 0 Å². The summed E-state index contributed by atoms with van der Waals surface area (Å²) in [6.45, 7) is 2.50. The number of ether oxygens (including phenoxy) is 1. The Kier molecular flexibility index (Phi) is 4.49. The summed E-state index contributed by atoms with van der Waals surface area (Å²) in [5.74, 6) is 1.30. The number of aliphatic hydroxyl groups is 1. The predicted octanol–water partition coefficient (Wildman–Crippen LogP) is 2.18. The third kappa shape index (κ3) is 3.30. The fourth-order valence-electron chi connectivity index (χ4n) is 1.87. The first-order valence-electron chi connectivity index (χ1n) is 6.27. The lowest BCUT2D eigenvalue weighted by Crippen LogP contribution is -2.01. The monoisotopic (exact) mass is 258 g/mol. The number of aromatic nitrogens is 1. The number of aryl methyl sites for hydroxylation is 1. The minimum atomic E-state index is 0.0961. The molecule has 19 heavy (non-hydrogen) atoms. The van der Waals surface area contributed by atoms with Crippen molar-refractivity contribution in [1.29, 1.82) is 0 Å². The average molecular weight is 258 g/mol. The van der Waals surface area contributed by atoms with E-state index in [1.807, 2.05) is 37.3 Å². The third-order valence-corrected chi connectivity index (χ3v) is 2.88. The van der Waals surface area contributed by atoms with Crippen molar-refractivity contribution in [2.45, 2.75) is 19.9 Å². The van der Waals surface area contributed by atoms with E-state index in [9.17, 15) is 0 Å². The van der Waals surface area contributed by atoms with E-state index in [4.69, 9.17) is 15.6 Å². The molecule has 0 saturated heterocycles. The number of pyridine rings is 1. The van der Waals surface area contributed by atoms with E-state index in [-0.39, 0.29) is 6.61 Å². The van der Waals surface area contributed by atoms with Crippen LogP contribution in [0, 0.1) is 6.92 Å². The molecule has 0 aliphatic carbocycles. The van der Waals surface area contributed by atoms with Crippen LogP contribution in [0.2, 0.25) is 0 Å². The van der Waals surface area contributed by atoms with Gasteiger partial charge in [-0.2, -0.15) is 0 Å². The van der Waals surface area contributed by atoms with Gasteiger partial charge >= 0.3 is 0 Å². The molecule has 2 aromatic rings. The Bertz CT molecular complexity index is 556. The van der Waals surface area contributed by atoms with Gasteiger partial charge in [-0.05, 0) is 36.6 Å². The van der Waals surface area contributed by atoms with Crippen molar-refractivity contribution in [1.82, 2.24) is 4.98 Å². The molecule has 1 aromatic heterocycles. The first-order chi connectivity index (χ1) is 9.24. The maximum atomic E-state index is 9.05. The molecule has 0 unspecified atom stereocenters. The standard InChI is InChI=1S/C15H18N2O2/c1-11-8-12(9-16)10-17-15(11)19-14-5-3-2-4-13(14)6-7-18/h2-5,8,10,18H,6-7,9,16H2,1H3. The summed E-state index contributed by atoms with van der Waals surface area (Å²) < 4.78 is 5.83. The minimum absolute atomic E-state index is 0.0961. The molecule has 0 atom stereocenters. The molecule has 1 aromatic carbocycles. The number of hydrogen-bond donors (Lipinski definition) is 2. The Morgan fingerprint density at radius 1 is 1.32 bits per heavy atom. The fourth-order valence-corrected chi connectivity index (χ4v) is 1.87. The molecule has 1 heterocycles. The van der Waals surface area contributed by atoms with Crippen molar-refractivity contribution in [3.8, 4) is 11.6 Å². The van der Waals surface area contributed by atoms with E-state index in [1.54, 1.807) is 6.20 Å². The molecule has 0 fully saturated rings. The highest BCUT2D eigenvalue weighted by Crippen LogP contribution is 2.26. The average Bonchev–Trinajstić information content (AvgIpc) is 2.43. The van der Waals surface area contributed by atoms with Crippen molar-refractivity contribution in [2.75, 3.05) is 6.61 Å². The zero-order valence-corrected chi connectivity index (χ0v) is 11.0. The van der Waals surface area contributed by atoms with Crippen LogP contribution in [0.3, 0.4) is 0 Å². The van der Waals surface area contributed by atoms with Crippen molar-refractivity contribution in [3.63, 3.8) is 0 Å². The summed E-state index contributed by atoms with van der Waals surface area (Å²) in [5, 5.41) is 9.05. The maximum absolute atomic E-state index is 9.05. The minimum Gasteiger partial charge on any atom is -0.438 e. The van der Waals surface area contributed by atoms with Crippen LogP contribution in [-0.4, -0.2) is 16.7 Å². The Balaban J connectivity index is 2.26. The zero-order valence-electron chi connectivity index (χ0n) is 11.0. The Hall–Kier alpha value is -1.91. The van der Waals surface area contributed by atoms with Crippen LogP contribution >= 0.6 is 0 Å². The van der Waals surface area contributed by atoms with Crippen LogP contribution in [-0.2, 0) is 13.0 Å². The number of nitrogens with zero attached hydrogens (tertiary/aromatic N) is 1. The maximum Gasteiger partial charge on any atom is 0.222 e. The Morgan fingerprint density at radius 3 is 2.79 bits per heavy atom. The van der Waals surface area contributed by atoms with Gasteiger partial charge < -0.3 is 15.6 Å². The molecule has 4 nitrogen and oxygen atoms in total. The Labute approximate surface area is 112 Å². The Morgan fingerprint density at radius 2 is 2.11 bits per heavy atom. The first kappa shape index (κ1) is 13.5. The third-order valence-electron chi connectivity index (χ3n) is 2.88. The summed E-state index contributed by atoms with van der Waals surface area (Å²) in [5.41, 5.74) is 8.47. The molecule has 4 heteroatoms. The summed E-state index contributed by atoms with van der Waals surface area (Å²) in [7, 11) is 0. The highest BCUT2D eigenvalue weighted by Gasteiger charge is 2.07. The van der Waals surface area contributed by atoms with Gasteiger partial charge in [0.15, 0.2) is 0 Å². The van der Waals surface area contributed by atoms with Gasteiger partial charge in [-0.3, -0.25) is 0 Å². The molecule has 3 N–H and O–H groups in total. The number of hydrogen-bond acceptors (Lipinski definition) is 4. The van der Waals surface area contributed by atoms with Gasteiger partial charge in [0, 0.05) is 24.9 Å². The highest BCUT2D eigenvalue weighted by atomic mass is 16.5. The first-order valence-corrected chi connectivity index (χ1v) is 6.27. The largest absolute Gasteiger partial charge is 0.438 e. The normalized spacial score (nSPS) is 10.5. The van der Waals surface area contributed by atoms with Crippen molar-refractivity contribution in [2.24, 2.45) is 5.73 Å². The van der Waals surface area contributed by atoms with Crippen LogP contribution < -0.4 is 10.5 Å². The van der Waals surface area contributed by atoms with Gasteiger partial charge in [0.05, 0.1) is 0 Å². The summed E-state index contributed by atoms with van der Waals surface area (Å²) in [4.78, 5) is 4.28. The van der Waals surface area contributed by atoms with Crippen molar-refractivity contribution >= 4 is 0 Å². The molecule has 2 rings (SSSR count). The van der Waals surface area contributed by atoms with Gasteiger partial charge in [-0.25, -0.2) is 4.98 Å². The second-order valence-electron chi connectivity index (χ2n) is 4.35. The highest BCUT2D eigenvalue weighted by molar-refractivity contribution is 5.38. The zero-order chi connectivity index (χ0) is 13.7. The summed E-state index contributed by atoms with van der Waals surface area (Å²) >= 11 is 0. The fraction of sp³-hybridized carbons (Fsp3) is 0.267. The van der Waals surface area contributed by atoms with E-state index in [2.05, 4.69) is 4.98 Å². The predicted molar refractivity (Wildman–Crippen MR) is 74.2 cm³/mol. The van der Waals surface area contributed by atoms with Gasteiger partial charge in [-0.15, -0.1) is 0 Å². The van der Waals surface area contributed by atoms with E-state index in [1.165, 1.54) is 0 Å². The molecule has 0 bridgehead atoms. The molecule has 0 saturated carbocycles. The molecular weight excluding hydrogens is 240 g/mol. The van der Waals surface area contributed by atoms with Gasteiger partial charge in [0.2, 0.25) is 5.88 Å². The number of benzene rings is 1. The van der Waals surface area contributed by atoms with Gasteiger partial charge in [0.1, 0.15) is 5.75 Å². The lowest BCUT2D eigenvalue weighted by atomic mass is 10.1. The topological polar surface area (TPSA) is 68.4 Å². The number of aliphatic hydroxyl groups excluding tert-OH is 1. The second kappa shape index (κ2) is 6.31. The molecule has 0 aliphatic heterocycles. The van der Waals surface area contributed by atoms with E-state index >= 15 is 0 Å². The van der Waals surface area contributed by atoms with Crippen molar-refractivity contribution in [3.05, 3.63) is 53.2 Å². The molecule has 0 radical (unpaired) electrons. The number of rotatable bonds is 5. The quantitative estimate of drug-likeness (QED) is 0.862. The number of para-hydroxylation sites is 1. The lowest BCUT2D eigenvalue weighted by molar-refractivity contribution is 0.297. The number of nitrogens with two attached hydrogens (primary N) is 1. The van der Waals surface area contributed by atoms with Crippen LogP contribution in [0.25, 0.3) is 0 Å². The van der Waals surface area contributed by atoms with Crippen LogP contribution in [0.4, 0.5) is 0 Å². The molecule has 0 aliphatic rings. The lowest BCUT2D eigenvalue weighted by Gasteiger charge is -2.11. The van der Waals surface area contributed by atoms with E-state index in [0.717, 1.165) is 22.4 Å². The van der Waals surface area contributed by atoms with Crippen LogP contribution in [0.5, 0.6) is 11.6 Å². The van der Waals surface area contributed by atoms with Crippen molar-refractivity contribution < 1.29 is 9.84 Å². The summed E-state index contributed by atoms with van der Waals surface area (Å²) in [6, 6.07) is 9.62. The molecule has 0 spiro atoms. The second-order valence-corrected chi connectivity index (χ2v) is 4.35. The molecule has 100 valence electrons. The molecular formula is C15H18N2O2. The molecule has 0 amide bonds. The smallest absolute Gasteiger partial charge is 0.222 e. The van der Waals surface area contributed by atoms with Crippen LogP contribution in [0.15, 0.2) is 36.5 Å². The summed E-state index contributed by atoms with van der Waals surface area (Å²) in [6.07, 6.45) is 2.28.